The van der Waals surface area contributed by atoms with E-state index in [0.29, 0.717) is 15.9 Å². The Morgan fingerprint density at radius 3 is 2.71 bits per heavy atom. The number of hydrogen-bond acceptors (Lipinski definition) is 3. The molecule has 0 saturated heterocycles. The Balaban J connectivity index is 1.80. The van der Waals surface area contributed by atoms with E-state index in [9.17, 15) is 9.59 Å². The fraction of sp³-hybridized carbons (Fsp3) is 0.167. The van der Waals surface area contributed by atoms with Crippen molar-refractivity contribution in [3.05, 3.63) is 75.5 Å². The summed E-state index contributed by atoms with van der Waals surface area (Å²) < 4.78 is 1.52. The molecule has 0 aliphatic heterocycles. The number of rotatable bonds is 4. The zero-order valence-electron chi connectivity index (χ0n) is 13.1. The number of halogens is 1. The van der Waals surface area contributed by atoms with Crippen LogP contribution in [0.15, 0.2) is 59.5 Å². The second-order valence-electron chi connectivity index (χ2n) is 5.49. The van der Waals surface area contributed by atoms with Crippen molar-refractivity contribution in [3.8, 4) is 0 Å². The van der Waals surface area contributed by atoms with E-state index in [1.165, 1.54) is 10.9 Å². The highest BCUT2D eigenvalue weighted by atomic mass is 35.5. The van der Waals surface area contributed by atoms with Crippen LogP contribution >= 0.6 is 11.6 Å². The molecule has 0 aliphatic carbocycles. The van der Waals surface area contributed by atoms with Crippen LogP contribution in [0, 0.1) is 0 Å². The highest BCUT2D eigenvalue weighted by Gasteiger charge is 2.13. The molecule has 1 heterocycles. The molecule has 2 aromatic carbocycles. The third-order valence-corrected chi connectivity index (χ3v) is 4.15. The number of carbonyl (C=O) groups is 1. The molecule has 3 rings (SSSR count). The van der Waals surface area contributed by atoms with Crippen LogP contribution in [0.2, 0.25) is 5.02 Å². The van der Waals surface area contributed by atoms with Gasteiger partial charge in [-0.15, -0.1) is 0 Å². The van der Waals surface area contributed by atoms with Gasteiger partial charge in [0.2, 0.25) is 11.3 Å². The Kier molecular flexibility index (Phi) is 4.62. The van der Waals surface area contributed by atoms with E-state index in [1.54, 1.807) is 24.3 Å². The fourth-order valence-electron chi connectivity index (χ4n) is 2.61. The van der Waals surface area contributed by atoms with Crippen molar-refractivity contribution in [2.24, 2.45) is 0 Å². The maximum Gasteiger partial charge on any atom is 0.242 e. The number of hydrogen-bond donors (Lipinski definition) is 1. The summed E-state index contributed by atoms with van der Waals surface area (Å²) in [6.45, 7) is 1.89. The first-order valence-electron chi connectivity index (χ1n) is 7.55. The fourth-order valence-corrected chi connectivity index (χ4v) is 2.91. The van der Waals surface area contributed by atoms with E-state index < -0.39 is 0 Å². The molecule has 3 aromatic rings. The van der Waals surface area contributed by atoms with Gasteiger partial charge in [-0.2, -0.15) is 5.10 Å². The van der Waals surface area contributed by atoms with Crippen molar-refractivity contribution in [2.45, 2.75) is 19.5 Å². The molecule has 1 atom stereocenters. The van der Waals surface area contributed by atoms with E-state index >= 15 is 0 Å². The molecule has 0 bridgehead atoms. The van der Waals surface area contributed by atoms with Crippen LogP contribution in [-0.4, -0.2) is 15.7 Å². The molecule has 1 aromatic heterocycles. The molecule has 0 fully saturated rings. The van der Waals surface area contributed by atoms with Crippen LogP contribution < -0.4 is 10.7 Å². The Bertz CT molecular complexity index is 952. The summed E-state index contributed by atoms with van der Waals surface area (Å²) in [6, 6.07) is 14.2. The number of nitrogens with one attached hydrogen (secondary N) is 1. The molecule has 5 nitrogen and oxygen atoms in total. The monoisotopic (exact) mass is 341 g/mol. The molecule has 0 radical (unpaired) electrons. The van der Waals surface area contributed by atoms with Crippen LogP contribution in [0.25, 0.3) is 10.9 Å². The van der Waals surface area contributed by atoms with Gasteiger partial charge < -0.3 is 5.32 Å². The van der Waals surface area contributed by atoms with Crippen molar-refractivity contribution >= 4 is 28.4 Å². The lowest BCUT2D eigenvalue weighted by Gasteiger charge is -2.16. The third kappa shape index (κ3) is 3.31. The molecular weight excluding hydrogens is 326 g/mol. The summed E-state index contributed by atoms with van der Waals surface area (Å²) in [5.41, 5.74) is 1.32. The van der Waals surface area contributed by atoms with Gasteiger partial charge in [-0.25, -0.2) is 0 Å². The molecule has 1 N–H and O–H groups in total. The molecule has 24 heavy (non-hydrogen) atoms. The van der Waals surface area contributed by atoms with Crippen molar-refractivity contribution in [1.82, 2.24) is 15.1 Å². The number of carbonyl (C=O) groups excluding carboxylic acids is 1. The Hall–Kier alpha value is -2.66. The molecule has 0 spiro atoms. The summed E-state index contributed by atoms with van der Waals surface area (Å²) >= 11 is 6.15. The van der Waals surface area contributed by atoms with Gasteiger partial charge in [-0.1, -0.05) is 41.9 Å². The average Bonchev–Trinajstić information content (AvgIpc) is 2.58. The van der Waals surface area contributed by atoms with Crippen LogP contribution in [-0.2, 0) is 11.3 Å². The number of amides is 1. The van der Waals surface area contributed by atoms with E-state index in [-0.39, 0.29) is 23.9 Å². The van der Waals surface area contributed by atoms with Crippen LogP contribution in [0.1, 0.15) is 18.5 Å². The van der Waals surface area contributed by atoms with Gasteiger partial charge in [-0.3, -0.25) is 14.3 Å². The Labute approximate surface area is 143 Å². The summed E-state index contributed by atoms with van der Waals surface area (Å²) in [7, 11) is 0. The SMILES string of the molecule is CC(NC(=O)Cn1ncc(=O)c2ccccc21)c1ccccc1Cl. The van der Waals surface area contributed by atoms with Gasteiger partial charge in [0.1, 0.15) is 6.54 Å². The van der Waals surface area contributed by atoms with Gasteiger partial charge in [0.25, 0.3) is 0 Å². The summed E-state index contributed by atoms with van der Waals surface area (Å²) in [5, 5.41) is 8.11. The lowest BCUT2D eigenvalue weighted by Crippen LogP contribution is -2.31. The van der Waals surface area contributed by atoms with Gasteiger partial charge in [0, 0.05) is 10.4 Å². The lowest BCUT2D eigenvalue weighted by atomic mass is 10.1. The van der Waals surface area contributed by atoms with E-state index in [1.807, 2.05) is 31.2 Å². The molecule has 6 heteroatoms. The third-order valence-electron chi connectivity index (χ3n) is 3.80. The minimum atomic E-state index is -0.225. The van der Waals surface area contributed by atoms with Gasteiger partial charge in [0.05, 0.1) is 17.8 Å². The first-order valence-corrected chi connectivity index (χ1v) is 7.92. The number of para-hydroxylation sites is 1. The number of aromatic nitrogens is 2. The molecule has 0 saturated carbocycles. The van der Waals surface area contributed by atoms with Gasteiger partial charge in [0.15, 0.2) is 0 Å². The summed E-state index contributed by atoms with van der Waals surface area (Å²) in [4.78, 5) is 24.2. The predicted octanol–water partition coefficient (Wildman–Crippen LogP) is 2.93. The minimum absolute atomic E-state index is 0.0234. The molecule has 1 amide bonds. The predicted molar refractivity (Wildman–Crippen MR) is 94.0 cm³/mol. The van der Waals surface area contributed by atoms with Crippen molar-refractivity contribution in [1.29, 1.82) is 0 Å². The largest absolute Gasteiger partial charge is 0.348 e. The van der Waals surface area contributed by atoms with Crippen LogP contribution in [0.4, 0.5) is 0 Å². The van der Waals surface area contributed by atoms with Crippen LogP contribution in [0.3, 0.4) is 0 Å². The molecule has 1 unspecified atom stereocenters. The number of nitrogens with zero attached hydrogens (tertiary/aromatic N) is 2. The quantitative estimate of drug-likeness (QED) is 0.793. The second kappa shape index (κ2) is 6.84. The Morgan fingerprint density at radius 2 is 1.92 bits per heavy atom. The smallest absolute Gasteiger partial charge is 0.242 e. The highest BCUT2D eigenvalue weighted by molar-refractivity contribution is 6.31. The first-order chi connectivity index (χ1) is 11.6. The van der Waals surface area contributed by atoms with Crippen molar-refractivity contribution in [2.75, 3.05) is 0 Å². The van der Waals surface area contributed by atoms with Gasteiger partial charge >= 0.3 is 0 Å². The van der Waals surface area contributed by atoms with E-state index in [4.69, 9.17) is 11.6 Å². The van der Waals surface area contributed by atoms with Crippen molar-refractivity contribution in [3.63, 3.8) is 0 Å². The first kappa shape index (κ1) is 16.2. The standard InChI is InChI=1S/C18H16ClN3O2/c1-12(13-6-2-4-8-15(13)19)21-18(24)11-22-16-9-5-3-7-14(16)17(23)10-20-22/h2-10,12H,11H2,1H3,(H,21,24). The lowest BCUT2D eigenvalue weighted by molar-refractivity contribution is -0.122. The average molecular weight is 342 g/mol. The zero-order chi connectivity index (χ0) is 17.1. The second-order valence-corrected chi connectivity index (χ2v) is 5.90. The number of benzene rings is 2. The normalized spacial score (nSPS) is 12.1. The molecule has 0 aliphatic rings. The summed E-state index contributed by atoms with van der Waals surface area (Å²) in [6.07, 6.45) is 1.23. The van der Waals surface area contributed by atoms with E-state index in [0.717, 1.165) is 5.56 Å². The molecular formula is C18H16ClN3O2. The Morgan fingerprint density at radius 1 is 1.21 bits per heavy atom. The maximum atomic E-state index is 12.3. The molecule has 122 valence electrons. The highest BCUT2D eigenvalue weighted by Crippen LogP contribution is 2.22. The van der Waals surface area contributed by atoms with Crippen molar-refractivity contribution < 1.29 is 4.79 Å². The van der Waals surface area contributed by atoms with Gasteiger partial charge in [-0.05, 0) is 30.7 Å². The topological polar surface area (TPSA) is 64.0 Å². The van der Waals surface area contributed by atoms with E-state index in [2.05, 4.69) is 10.4 Å². The zero-order valence-corrected chi connectivity index (χ0v) is 13.8. The minimum Gasteiger partial charge on any atom is -0.348 e. The number of fused-ring (bicyclic) bond motifs is 1. The summed E-state index contributed by atoms with van der Waals surface area (Å²) in [5.74, 6) is -0.205. The maximum absolute atomic E-state index is 12.3. The van der Waals surface area contributed by atoms with Crippen LogP contribution in [0.5, 0.6) is 0 Å².